The van der Waals surface area contributed by atoms with Crippen LogP contribution in [0.15, 0.2) is 0 Å². The van der Waals surface area contributed by atoms with Gasteiger partial charge in [0.1, 0.15) is 0 Å². The van der Waals surface area contributed by atoms with Crippen molar-refractivity contribution in [3.8, 4) is 0 Å². The number of rotatable bonds is 1. The van der Waals surface area contributed by atoms with E-state index in [0.29, 0.717) is 6.04 Å². The molecule has 1 heteroatoms. The molecule has 2 unspecified atom stereocenters. The van der Waals surface area contributed by atoms with Gasteiger partial charge in [0.25, 0.3) is 0 Å². The van der Waals surface area contributed by atoms with E-state index in [0.717, 1.165) is 5.92 Å². The fourth-order valence-corrected chi connectivity index (χ4v) is 2.45. The van der Waals surface area contributed by atoms with Crippen LogP contribution in [0.5, 0.6) is 0 Å². The van der Waals surface area contributed by atoms with Crippen LogP contribution in [-0.4, -0.2) is 6.04 Å². The maximum Gasteiger partial charge on any atom is 0.00670 e. The highest BCUT2D eigenvalue weighted by Crippen LogP contribution is 2.22. The second-order valence-corrected chi connectivity index (χ2v) is 4.53. The summed E-state index contributed by atoms with van der Waals surface area (Å²) in [6, 6.07) is 0.489. The number of hydrogen-bond acceptors (Lipinski definition) is 1. The topological polar surface area (TPSA) is 26.0 Å². The van der Waals surface area contributed by atoms with E-state index < -0.39 is 0 Å². The van der Waals surface area contributed by atoms with E-state index in [9.17, 15) is 0 Å². The molecule has 0 saturated heterocycles. The van der Waals surface area contributed by atoms with Gasteiger partial charge >= 0.3 is 0 Å². The van der Waals surface area contributed by atoms with Gasteiger partial charge in [-0.2, -0.15) is 0 Å². The summed E-state index contributed by atoms with van der Waals surface area (Å²) in [5, 5.41) is 0. The minimum absolute atomic E-state index is 0.489. The zero-order valence-corrected chi connectivity index (χ0v) is 9.10. The Bertz CT molecular complexity index is 122. The van der Waals surface area contributed by atoms with Gasteiger partial charge in [-0.25, -0.2) is 0 Å². The van der Waals surface area contributed by atoms with Crippen molar-refractivity contribution in [3.05, 3.63) is 0 Å². The Morgan fingerprint density at radius 3 is 2.08 bits per heavy atom. The van der Waals surface area contributed by atoms with Gasteiger partial charge in [0.15, 0.2) is 0 Å². The maximum atomic E-state index is 6.18. The Labute approximate surface area is 83.1 Å². The Balaban J connectivity index is 2.32. The van der Waals surface area contributed by atoms with Gasteiger partial charge in [0.2, 0.25) is 0 Å². The molecule has 1 nitrogen and oxygen atoms in total. The SMILES string of the molecule is CCC1CCCCCCCCC1N. The van der Waals surface area contributed by atoms with Gasteiger partial charge in [-0.3, -0.25) is 0 Å². The summed E-state index contributed by atoms with van der Waals surface area (Å²) in [5.74, 6) is 0.804. The number of nitrogens with two attached hydrogens (primary N) is 1. The van der Waals surface area contributed by atoms with Crippen LogP contribution in [0.25, 0.3) is 0 Å². The fraction of sp³-hybridized carbons (Fsp3) is 1.00. The average molecular weight is 183 g/mol. The summed E-state index contributed by atoms with van der Waals surface area (Å²) < 4.78 is 0. The molecule has 13 heavy (non-hydrogen) atoms. The van der Waals surface area contributed by atoms with Gasteiger partial charge < -0.3 is 5.73 Å². The van der Waals surface area contributed by atoms with Gasteiger partial charge in [0, 0.05) is 6.04 Å². The van der Waals surface area contributed by atoms with Crippen molar-refractivity contribution in [2.24, 2.45) is 11.7 Å². The second-order valence-electron chi connectivity index (χ2n) is 4.53. The van der Waals surface area contributed by atoms with Gasteiger partial charge in [-0.15, -0.1) is 0 Å². The normalized spacial score (nSPS) is 32.8. The third-order valence-corrected chi connectivity index (χ3v) is 3.49. The van der Waals surface area contributed by atoms with Crippen LogP contribution in [0.4, 0.5) is 0 Å². The molecule has 78 valence electrons. The molecule has 0 aromatic rings. The smallest absolute Gasteiger partial charge is 0.00670 e. The third-order valence-electron chi connectivity index (χ3n) is 3.49. The van der Waals surface area contributed by atoms with Gasteiger partial charge in [-0.1, -0.05) is 51.9 Å². The highest BCUT2D eigenvalue weighted by molar-refractivity contribution is 4.73. The Hall–Kier alpha value is -0.0400. The van der Waals surface area contributed by atoms with E-state index in [1.807, 2.05) is 0 Å². The molecule has 0 aromatic carbocycles. The first kappa shape index (κ1) is 11.0. The largest absolute Gasteiger partial charge is 0.327 e. The summed E-state index contributed by atoms with van der Waals surface area (Å²) in [6.07, 6.45) is 12.4. The van der Waals surface area contributed by atoms with Gasteiger partial charge in [0.05, 0.1) is 0 Å². The lowest BCUT2D eigenvalue weighted by molar-refractivity contribution is 0.333. The molecular formula is C12H25N. The van der Waals surface area contributed by atoms with E-state index in [4.69, 9.17) is 5.73 Å². The van der Waals surface area contributed by atoms with Crippen molar-refractivity contribution in [2.45, 2.75) is 70.8 Å². The highest BCUT2D eigenvalue weighted by atomic mass is 14.6. The molecule has 2 N–H and O–H groups in total. The van der Waals surface area contributed by atoms with Crippen LogP contribution >= 0.6 is 0 Å². The zero-order chi connectivity index (χ0) is 9.52. The molecule has 0 bridgehead atoms. The lowest BCUT2D eigenvalue weighted by Crippen LogP contribution is -2.29. The molecule has 0 amide bonds. The van der Waals surface area contributed by atoms with E-state index in [-0.39, 0.29) is 0 Å². The first-order valence-electron chi connectivity index (χ1n) is 6.10. The second kappa shape index (κ2) is 6.42. The summed E-state index contributed by atoms with van der Waals surface area (Å²) in [4.78, 5) is 0. The maximum absolute atomic E-state index is 6.18. The lowest BCUT2D eigenvalue weighted by atomic mass is 9.87. The minimum atomic E-state index is 0.489. The molecule has 1 rings (SSSR count). The van der Waals surface area contributed by atoms with Crippen molar-refractivity contribution in [3.63, 3.8) is 0 Å². The standard InChI is InChI=1S/C12H25N/c1-2-11-9-7-5-3-4-6-8-10-12(11)13/h11-12H,2-10,13H2,1H3. The zero-order valence-electron chi connectivity index (χ0n) is 9.10. The Morgan fingerprint density at radius 1 is 0.923 bits per heavy atom. The quantitative estimate of drug-likeness (QED) is 0.662. The first-order chi connectivity index (χ1) is 6.34. The monoisotopic (exact) mass is 183 g/mol. The molecule has 0 aromatic heterocycles. The summed E-state index contributed by atoms with van der Waals surface area (Å²) >= 11 is 0. The molecule has 1 aliphatic carbocycles. The third kappa shape index (κ3) is 4.12. The van der Waals surface area contributed by atoms with Crippen molar-refractivity contribution < 1.29 is 0 Å². The van der Waals surface area contributed by atoms with E-state index in [2.05, 4.69) is 6.92 Å². The molecule has 0 aliphatic heterocycles. The average Bonchev–Trinajstić information content (AvgIpc) is 2.16. The Morgan fingerprint density at radius 2 is 1.46 bits per heavy atom. The molecule has 1 saturated carbocycles. The van der Waals surface area contributed by atoms with Crippen LogP contribution in [0.2, 0.25) is 0 Å². The molecule has 0 heterocycles. The van der Waals surface area contributed by atoms with Gasteiger partial charge in [-0.05, 0) is 18.8 Å². The lowest BCUT2D eigenvalue weighted by Gasteiger charge is -2.23. The molecular weight excluding hydrogens is 158 g/mol. The molecule has 1 fully saturated rings. The molecule has 1 aliphatic rings. The van der Waals surface area contributed by atoms with Crippen LogP contribution < -0.4 is 5.73 Å². The molecule has 2 atom stereocenters. The highest BCUT2D eigenvalue weighted by Gasteiger charge is 2.15. The summed E-state index contributed by atoms with van der Waals surface area (Å²) in [5.41, 5.74) is 6.18. The van der Waals surface area contributed by atoms with Crippen LogP contribution in [0.1, 0.15) is 64.7 Å². The summed E-state index contributed by atoms with van der Waals surface area (Å²) in [7, 11) is 0. The Kier molecular flexibility index (Phi) is 5.45. The van der Waals surface area contributed by atoms with Crippen molar-refractivity contribution in [2.75, 3.05) is 0 Å². The van der Waals surface area contributed by atoms with Crippen LogP contribution in [0, 0.1) is 5.92 Å². The summed E-state index contributed by atoms with van der Waals surface area (Å²) in [6.45, 7) is 2.29. The van der Waals surface area contributed by atoms with E-state index in [1.165, 1.54) is 57.8 Å². The van der Waals surface area contributed by atoms with Crippen molar-refractivity contribution in [1.82, 2.24) is 0 Å². The van der Waals surface area contributed by atoms with E-state index in [1.54, 1.807) is 0 Å². The molecule has 0 spiro atoms. The minimum Gasteiger partial charge on any atom is -0.327 e. The van der Waals surface area contributed by atoms with E-state index >= 15 is 0 Å². The fourth-order valence-electron chi connectivity index (χ4n) is 2.45. The van der Waals surface area contributed by atoms with Crippen molar-refractivity contribution >= 4 is 0 Å². The number of hydrogen-bond donors (Lipinski definition) is 1. The van der Waals surface area contributed by atoms with Crippen LogP contribution in [0.3, 0.4) is 0 Å². The predicted octanol–water partition coefficient (Wildman–Crippen LogP) is 3.47. The van der Waals surface area contributed by atoms with Crippen LogP contribution in [-0.2, 0) is 0 Å². The van der Waals surface area contributed by atoms with Crippen molar-refractivity contribution in [1.29, 1.82) is 0 Å². The first-order valence-corrected chi connectivity index (χ1v) is 6.10. The predicted molar refractivity (Wildman–Crippen MR) is 58.7 cm³/mol. The molecule has 0 radical (unpaired) electrons.